The molecule has 0 spiro atoms. The molecule has 21 heavy (non-hydrogen) atoms. The van der Waals surface area contributed by atoms with Crippen LogP contribution in [0.2, 0.25) is 0 Å². The van der Waals surface area contributed by atoms with E-state index in [-0.39, 0.29) is 16.7 Å². The van der Waals surface area contributed by atoms with Gasteiger partial charge in [0, 0.05) is 19.1 Å². The molecule has 118 valence electrons. The monoisotopic (exact) mass is 320 g/mol. The van der Waals surface area contributed by atoms with Crippen molar-refractivity contribution in [3.63, 3.8) is 0 Å². The summed E-state index contributed by atoms with van der Waals surface area (Å²) in [5, 5.41) is 0. The summed E-state index contributed by atoms with van der Waals surface area (Å²) in [4.78, 5) is 0.112. The van der Waals surface area contributed by atoms with Crippen molar-refractivity contribution < 1.29 is 21.9 Å². The van der Waals surface area contributed by atoms with Gasteiger partial charge in [0.25, 0.3) is 6.43 Å². The zero-order valence-corrected chi connectivity index (χ0v) is 12.2. The minimum atomic E-state index is -3.59. The van der Waals surface area contributed by atoms with E-state index in [9.17, 15) is 17.2 Å². The quantitative estimate of drug-likeness (QED) is 0.891. The number of nitrogens with zero attached hydrogens (tertiary/aromatic N) is 1. The molecule has 0 radical (unpaired) electrons. The number of hydrogen-bond donors (Lipinski definition) is 1. The lowest BCUT2D eigenvalue weighted by Crippen LogP contribution is -2.45. The van der Waals surface area contributed by atoms with E-state index in [4.69, 9.17) is 10.5 Å². The molecule has 1 atom stereocenters. The predicted molar refractivity (Wildman–Crippen MR) is 73.9 cm³/mol. The number of rotatable bonds is 5. The molecule has 1 aliphatic heterocycles. The fourth-order valence-electron chi connectivity index (χ4n) is 2.21. The van der Waals surface area contributed by atoms with Crippen LogP contribution in [0.3, 0.4) is 0 Å². The molecule has 1 aromatic carbocycles. The van der Waals surface area contributed by atoms with Crippen LogP contribution in [-0.2, 0) is 10.0 Å². The minimum absolute atomic E-state index is 0.112. The second-order valence-corrected chi connectivity index (χ2v) is 6.88. The molecule has 1 aliphatic rings. The second kappa shape index (κ2) is 6.67. The van der Waals surface area contributed by atoms with Crippen molar-refractivity contribution in [3.05, 3.63) is 24.3 Å². The lowest BCUT2D eigenvalue weighted by atomic mass is 10.1. The van der Waals surface area contributed by atoms with E-state index in [0.717, 1.165) is 12.8 Å². The van der Waals surface area contributed by atoms with Gasteiger partial charge < -0.3 is 10.5 Å². The third-order valence-corrected chi connectivity index (χ3v) is 5.14. The van der Waals surface area contributed by atoms with Crippen LogP contribution in [0.25, 0.3) is 0 Å². The third-order valence-electron chi connectivity index (χ3n) is 3.26. The smallest absolute Gasteiger partial charge is 0.272 e. The van der Waals surface area contributed by atoms with Crippen molar-refractivity contribution in [2.24, 2.45) is 5.73 Å². The molecule has 0 aromatic heterocycles. The first-order valence-electron chi connectivity index (χ1n) is 6.66. The lowest BCUT2D eigenvalue weighted by molar-refractivity contribution is 0.0819. The summed E-state index contributed by atoms with van der Waals surface area (Å²) in [7, 11) is -3.59. The highest BCUT2D eigenvalue weighted by Crippen LogP contribution is 2.22. The summed E-state index contributed by atoms with van der Waals surface area (Å²) in [6.07, 6.45) is -1.02. The standard InChI is InChI=1S/C13H18F2N2O3S/c14-13(15)9-20-11-3-5-12(6-4-11)21(18,19)17-7-1-2-10(16)8-17/h3-6,10,13H,1-2,7-9,16H2. The van der Waals surface area contributed by atoms with Crippen LogP contribution >= 0.6 is 0 Å². The van der Waals surface area contributed by atoms with Gasteiger partial charge in [0.15, 0.2) is 0 Å². The molecule has 2 N–H and O–H groups in total. The number of piperidine rings is 1. The Hall–Kier alpha value is -1.25. The molecular weight excluding hydrogens is 302 g/mol. The summed E-state index contributed by atoms with van der Waals surface area (Å²) < 4.78 is 55.1. The van der Waals surface area contributed by atoms with Crippen LogP contribution in [0.15, 0.2) is 29.2 Å². The molecule has 0 saturated carbocycles. The number of ether oxygens (including phenoxy) is 1. The number of nitrogens with two attached hydrogens (primary N) is 1. The highest BCUT2D eigenvalue weighted by atomic mass is 32.2. The van der Waals surface area contributed by atoms with Crippen LogP contribution in [0.4, 0.5) is 8.78 Å². The third kappa shape index (κ3) is 4.12. The van der Waals surface area contributed by atoms with Gasteiger partial charge in [0.05, 0.1) is 4.90 Å². The number of sulfonamides is 1. The van der Waals surface area contributed by atoms with Gasteiger partial charge in [0.2, 0.25) is 10.0 Å². The van der Waals surface area contributed by atoms with Gasteiger partial charge >= 0.3 is 0 Å². The second-order valence-electron chi connectivity index (χ2n) is 4.94. The van der Waals surface area contributed by atoms with Crippen molar-refractivity contribution in [2.75, 3.05) is 19.7 Å². The summed E-state index contributed by atoms with van der Waals surface area (Å²) >= 11 is 0. The van der Waals surface area contributed by atoms with Gasteiger partial charge in [-0.25, -0.2) is 17.2 Å². The summed E-state index contributed by atoms with van der Waals surface area (Å²) in [5.41, 5.74) is 5.79. The molecule has 0 aliphatic carbocycles. The SMILES string of the molecule is NC1CCCN(S(=O)(=O)c2ccc(OCC(F)F)cc2)C1. The first kappa shape index (κ1) is 16.1. The van der Waals surface area contributed by atoms with E-state index in [0.29, 0.717) is 13.1 Å². The molecule has 0 amide bonds. The number of alkyl halides is 2. The van der Waals surface area contributed by atoms with Crippen LogP contribution in [0.5, 0.6) is 5.75 Å². The van der Waals surface area contributed by atoms with Gasteiger partial charge in [-0.05, 0) is 37.1 Å². The largest absolute Gasteiger partial charge is 0.488 e. The van der Waals surface area contributed by atoms with Crippen molar-refractivity contribution in [2.45, 2.75) is 30.2 Å². The Balaban J connectivity index is 2.09. The summed E-state index contributed by atoms with van der Waals surface area (Å²) in [6.45, 7) is 0.0265. The average Bonchev–Trinajstić information content (AvgIpc) is 2.45. The van der Waals surface area contributed by atoms with Gasteiger partial charge in [-0.3, -0.25) is 0 Å². The fourth-order valence-corrected chi connectivity index (χ4v) is 3.74. The Morgan fingerprint density at radius 3 is 2.57 bits per heavy atom. The van der Waals surface area contributed by atoms with Gasteiger partial charge in [0.1, 0.15) is 12.4 Å². The van der Waals surface area contributed by atoms with E-state index in [1.54, 1.807) is 0 Å². The minimum Gasteiger partial charge on any atom is -0.488 e. The molecule has 5 nitrogen and oxygen atoms in total. The molecular formula is C13H18F2N2O3S. The highest BCUT2D eigenvalue weighted by molar-refractivity contribution is 7.89. The lowest BCUT2D eigenvalue weighted by Gasteiger charge is -2.29. The maximum Gasteiger partial charge on any atom is 0.272 e. The molecule has 0 bridgehead atoms. The van der Waals surface area contributed by atoms with Crippen LogP contribution in [0.1, 0.15) is 12.8 Å². The molecule has 1 unspecified atom stereocenters. The van der Waals surface area contributed by atoms with Crippen molar-refractivity contribution in [1.29, 1.82) is 0 Å². The molecule has 1 heterocycles. The molecule has 2 rings (SSSR count). The van der Waals surface area contributed by atoms with Crippen molar-refractivity contribution in [1.82, 2.24) is 4.31 Å². The Labute approximate surface area is 122 Å². The zero-order valence-electron chi connectivity index (χ0n) is 11.4. The molecule has 1 aromatic rings. The number of hydrogen-bond acceptors (Lipinski definition) is 4. The first-order valence-corrected chi connectivity index (χ1v) is 8.10. The molecule has 1 fully saturated rings. The van der Waals surface area contributed by atoms with Crippen molar-refractivity contribution >= 4 is 10.0 Å². The van der Waals surface area contributed by atoms with E-state index in [2.05, 4.69) is 0 Å². The van der Waals surface area contributed by atoms with E-state index < -0.39 is 23.1 Å². The Morgan fingerprint density at radius 1 is 1.33 bits per heavy atom. The molecule has 8 heteroatoms. The van der Waals surface area contributed by atoms with Gasteiger partial charge in [-0.2, -0.15) is 4.31 Å². The Bertz CT molecular complexity index is 563. The Morgan fingerprint density at radius 2 is 2.00 bits per heavy atom. The van der Waals surface area contributed by atoms with Crippen molar-refractivity contribution in [3.8, 4) is 5.75 Å². The molecule has 1 saturated heterocycles. The normalized spacial score (nSPS) is 20.7. The van der Waals surface area contributed by atoms with E-state index in [1.165, 1.54) is 28.6 Å². The van der Waals surface area contributed by atoms with Crippen LogP contribution in [-0.4, -0.2) is 44.9 Å². The summed E-state index contributed by atoms with van der Waals surface area (Å²) in [6, 6.07) is 5.31. The van der Waals surface area contributed by atoms with Crippen LogP contribution < -0.4 is 10.5 Å². The van der Waals surface area contributed by atoms with E-state index in [1.807, 2.05) is 0 Å². The Kier molecular flexibility index (Phi) is 5.13. The highest BCUT2D eigenvalue weighted by Gasteiger charge is 2.28. The number of benzene rings is 1. The first-order chi connectivity index (χ1) is 9.89. The van der Waals surface area contributed by atoms with Gasteiger partial charge in [-0.1, -0.05) is 0 Å². The van der Waals surface area contributed by atoms with Gasteiger partial charge in [-0.15, -0.1) is 0 Å². The topological polar surface area (TPSA) is 72.6 Å². The fraction of sp³-hybridized carbons (Fsp3) is 0.538. The number of halogens is 2. The predicted octanol–water partition coefficient (Wildman–Crippen LogP) is 1.44. The maximum absolute atomic E-state index is 12.4. The summed E-state index contributed by atoms with van der Waals surface area (Å²) in [5.74, 6) is 0.213. The van der Waals surface area contributed by atoms with Crippen LogP contribution in [0, 0.1) is 0 Å². The zero-order chi connectivity index (χ0) is 15.5. The van der Waals surface area contributed by atoms with E-state index >= 15 is 0 Å². The average molecular weight is 320 g/mol. The maximum atomic E-state index is 12.4.